The molecule has 2 amide bonds. The monoisotopic (exact) mass is 423 g/mol. The molecule has 0 spiro atoms. The summed E-state index contributed by atoms with van der Waals surface area (Å²) in [5.41, 5.74) is 0.676. The van der Waals surface area contributed by atoms with E-state index in [0.29, 0.717) is 18.8 Å². The number of nitrogens with zero attached hydrogens (tertiary/aromatic N) is 1. The highest BCUT2D eigenvalue weighted by atomic mass is 19.4. The first-order valence-corrected chi connectivity index (χ1v) is 9.27. The zero-order valence-corrected chi connectivity index (χ0v) is 15.9. The third kappa shape index (κ3) is 6.18. The van der Waals surface area contributed by atoms with E-state index in [1.807, 2.05) is 0 Å². The summed E-state index contributed by atoms with van der Waals surface area (Å²) >= 11 is 0. The Morgan fingerprint density at radius 1 is 1.17 bits per heavy atom. The summed E-state index contributed by atoms with van der Waals surface area (Å²) in [6.45, 7) is -0.411. The maximum Gasteiger partial charge on any atom is 0.422 e. The highest BCUT2D eigenvalue weighted by molar-refractivity contribution is 6.08. The van der Waals surface area contributed by atoms with Crippen LogP contribution in [-0.2, 0) is 4.74 Å². The van der Waals surface area contributed by atoms with Gasteiger partial charge in [-0.05, 0) is 31.0 Å². The Balaban J connectivity index is 1.61. The molecule has 160 valence electrons. The second kappa shape index (κ2) is 9.57. The van der Waals surface area contributed by atoms with Crippen molar-refractivity contribution in [3.8, 4) is 5.88 Å². The van der Waals surface area contributed by atoms with Gasteiger partial charge in [0, 0.05) is 25.4 Å². The molecule has 1 aromatic heterocycles. The van der Waals surface area contributed by atoms with E-state index in [1.54, 1.807) is 24.3 Å². The van der Waals surface area contributed by atoms with Crippen molar-refractivity contribution < 1.29 is 32.2 Å². The molecule has 2 heterocycles. The van der Waals surface area contributed by atoms with Gasteiger partial charge >= 0.3 is 6.18 Å². The average Bonchev–Trinajstić information content (AvgIpc) is 3.24. The van der Waals surface area contributed by atoms with Crippen molar-refractivity contribution in [3.05, 3.63) is 53.7 Å². The van der Waals surface area contributed by atoms with Gasteiger partial charge in [0.25, 0.3) is 11.8 Å². The third-order valence-corrected chi connectivity index (χ3v) is 4.32. The summed E-state index contributed by atoms with van der Waals surface area (Å²) in [6, 6.07) is 8.94. The number of ether oxygens (including phenoxy) is 2. The van der Waals surface area contributed by atoms with E-state index in [2.05, 4.69) is 20.4 Å². The van der Waals surface area contributed by atoms with Gasteiger partial charge in [0.15, 0.2) is 6.61 Å². The Hall–Kier alpha value is -3.14. The number of pyridine rings is 1. The lowest BCUT2D eigenvalue weighted by Gasteiger charge is -2.14. The van der Waals surface area contributed by atoms with Crippen LogP contribution in [0.5, 0.6) is 5.88 Å². The van der Waals surface area contributed by atoms with Crippen LogP contribution >= 0.6 is 0 Å². The normalized spacial score (nSPS) is 16.2. The summed E-state index contributed by atoms with van der Waals surface area (Å²) < 4.78 is 46.5. The number of benzene rings is 1. The van der Waals surface area contributed by atoms with Crippen molar-refractivity contribution in [2.45, 2.75) is 25.1 Å². The number of nitrogens with one attached hydrogen (secondary N) is 2. The molecular formula is C20H20F3N3O4. The number of aromatic nitrogens is 1. The lowest BCUT2D eigenvalue weighted by atomic mass is 10.1. The average molecular weight is 423 g/mol. The van der Waals surface area contributed by atoms with Crippen LogP contribution in [0.3, 0.4) is 0 Å². The van der Waals surface area contributed by atoms with Crippen LogP contribution in [0.15, 0.2) is 42.6 Å². The van der Waals surface area contributed by atoms with E-state index >= 15 is 0 Å². The highest BCUT2D eigenvalue weighted by Crippen LogP contribution is 2.19. The molecule has 30 heavy (non-hydrogen) atoms. The molecule has 0 unspecified atom stereocenters. The van der Waals surface area contributed by atoms with Crippen LogP contribution in [0.2, 0.25) is 0 Å². The molecule has 1 atom stereocenters. The minimum absolute atomic E-state index is 0.0140. The van der Waals surface area contributed by atoms with Crippen molar-refractivity contribution in [1.82, 2.24) is 10.3 Å². The topological polar surface area (TPSA) is 89.6 Å². The first-order chi connectivity index (χ1) is 14.3. The fourth-order valence-corrected chi connectivity index (χ4v) is 2.85. The van der Waals surface area contributed by atoms with Crippen LogP contribution in [0.25, 0.3) is 0 Å². The minimum atomic E-state index is -4.48. The van der Waals surface area contributed by atoms with Gasteiger partial charge in [-0.2, -0.15) is 13.2 Å². The summed E-state index contributed by atoms with van der Waals surface area (Å²) in [5, 5.41) is 5.41. The van der Waals surface area contributed by atoms with Crippen LogP contribution in [-0.4, -0.2) is 48.8 Å². The highest BCUT2D eigenvalue weighted by Gasteiger charge is 2.28. The Bertz CT molecular complexity index is 882. The summed E-state index contributed by atoms with van der Waals surface area (Å²) in [5.74, 6) is -1.17. The molecule has 0 bridgehead atoms. The van der Waals surface area contributed by atoms with E-state index < -0.39 is 18.7 Å². The minimum Gasteiger partial charge on any atom is -0.468 e. The molecular weight excluding hydrogens is 403 g/mol. The predicted molar refractivity (Wildman–Crippen MR) is 101 cm³/mol. The summed E-state index contributed by atoms with van der Waals surface area (Å²) in [7, 11) is 0. The largest absolute Gasteiger partial charge is 0.468 e. The molecule has 1 aliphatic rings. The number of amides is 2. The molecule has 1 fully saturated rings. The van der Waals surface area contributed by atoms with Crippen molar-refractivity contribution in [2.24, 2.45) is 0 Å². The Morgan fingerprint density at radius 3 is 2.63 bits per heavy atom. The van der Waals surface area contributed by atoms with Crippen molar-refractivity contribution >= 4 is 17.5 Å². The quantitative estimate of drug-likeness (QED) is 0.714. The smallest absolute Gasteiger partial charge is 0.422 e. The van der Waals surface area contributed by atoms with E-state index in [1.165, 1.54) is 12.1 Å². The Labute approximate surface area is 170 Å². The zero-order chi connectivity index (χ0) is 21.6. The van der Waals surface area contributed by atoms with Gasteiger partial charge < -0.3 is 20.1 Å². The number of alkyl halides is 3. The number of hydrogen-bond donors (Lipinski definition) is 2. The van der Waals surface area contributed by atoms with Gasteiger partial charge in [-0.1, -0.05) is 12.1 Å². The second-order valence-electron chi connectivity index (χ2n) is 6.63. The number of carbonyl (C=O) groups excluding carboxylic acids is 2. The molecule has 0 radical (unpaired) electrons. The number of halogens is 3. The van der Waals surface area contributed by atoms with Crippen molar-refractivity contribution in [3.63, 3.8) is 0 Å². The molecule has 1 aromatic carbocycles. The maximum atomic E-state index is 12.5. The molecule has 2 aromatic rings. The first-order valence-electron chi connectivity index (χ1n) is 9.27. The van der Waals surface area contributed by atoms with Crippen molar-refractivity contribution in [2.75, 3.05) is 25.1 Å². The summed E-state index contributed by atoms with van der Waals surface area (Å²) in [6.07, 6.45) is -1.55. The number of para-hydroxylation sites is 1. The molecule has 1 aliphatic heterocycles. The fourth-order valence-electron chi connectivity index (χ4n) is 2.85. The number of carbonyl (C=O) groups is 2. The molecule has 0 saturated carbocycles. The lowest BCUT2D eigenvalue weighted by molar-refractivity contribution is -0.154. The molecule has 1 saturated heterocycles. The SMILES string of the molecule is O=C(Nc1ccccc1C(=O)NC[C@@H]1CCCO1)c1ccc(OCC(F)(F)F)nc1. The van der Waals surface area contributed by atoms with Crippen LogP contribution in [0.4, 0.5) is 18.9 Å². The Kier molecular flexibility index (Phi) is 6.88. The van der Waals surface area contributed by atoms with Gasteiger partial charge in [-0.25, -0.2) is 4.98 Å². The standard InChI is InChI=1S/C20H20F3N3O4/c21-20(22,23)12-30-17-8-7-13(10-24-17)18(27)26-16-6-2-1-5-15(16)19(28)25-11-14-4-3-9-29-14/h1-2,5-8,10,14H,3-4,9,11-12H2,(H,25,28)(H,26,27)/t14-/m0/s1. The van der Waals surface area contributed by atoms with Crippen molar-refractivity contribution in [1.29, 1.82) is 0 Å². The van der Waals surface area contributed by atoms with Crippen LogP contribution in [0, 0.1) is 0 Å². The molecule has 3 rings (SSSR count). The lowest BCUT2D eigenvalue weighted by Crippen LogP contribution is -2.32. The van der Waals surface area contributed by atoms with Crippen LogP contribution < -0.4 is 15.4 Å². The molecule has 0 aliphatic carbocycles. The maximum absolute atomic E-state index is 12.5. The molecule has 2 N–H and O–H groups in total. The number of rotatable bonds is 7. The van der Waals surface area contributed by atoms with E-state index in [9.17, 15) is 22.8 Å². The second-order valence-corrected chi connectivity index (χ2v) is 6.63. The molecule has 10 heteroatoms. The molecule has 7 nitrogen and oxygen atoms in total. The van der Waals surface area contributed by atoms with Gasteiger partial charge in [0.05, 0.1) is 22.9 Å². The Morgan fingerprint density at radius 2 is 1.97 bits per heavy atom. The number of anilines is 1. The zero-order valence-electron chi connectivity index (χ0n) is 15.9. The fraction of sp³-hybridized carbons (Fsp3) is 0.350. The van der Waals surface area contributed by atoms with Gasteiger partial charge in [0.1, 0.15) is 0 Å². The summed E-state index contributed by atoms with van der Waals surface area (Å²) in [4.78, 5) is 28.7. The van der Waals surface area contributed by atoms with E-state index in [-0.39, 0.29) is 29.0 Å². The first kappa shape index (κ1) is 21.6. The van der Waals surface area contributed by atoms with E-state index in [0.717, 1.165) is 19.0 Å². The van der Waals surface area contributed by atoms with Gasteiger partial charge in [0.2, 0.25) is 5.88 Å². The van der Waals surface area contributed by atoms with Crippen LogP contribution in [0.1, 0.15) is 33.6 Å². The van der Waals surface area contributed by atoms with Gasteiger partial charge in [-0.15, -0.1) is 0 Å². The predicted octanol–water partition coefficient (Wildman–Crippen LogP) is 3.18. The number of hydrogen-bond acceptors (Lipinski definition) is 5. The van der Waals surface area contributed by atoms with E-state index in [4.69, 9.17) is 4.74 Å². The third-order valence-electron chi connectivity index (χ3n) is 4.32. The van der Waals surface area contributed by atoms with Gasteiger partial charge in [-0.3, -0.25) is 9.59 Å².